The highest BCUT2D eigenvalue weighted by atomic mass is 79.9. The molecule has 0 aromatic heterocycles. The lowest BCUT2D eigenvalue weighted by Gasteiger charge is -2.16. The van der Waals surface area contributed by atoms with E-state index in [9.17, 15) is 0 Å². The molecular formula is C25H21Br2NO. The van der Waals surface area contributed by atoms with Gasteiger partial charge in [0.2, 0.25) is 0 Å². The summed E-state index contributed by atoms with van der Waals surface area (Å²) in [5.74, 6) is 0.827. The Hall–Kier alpha value is -2.17. The highest BCUT2D eigenvalue weighted by molar-refractivity contribution is 9.10. The quantitative estimate of drug-likeness (QED) is 0.351. The summed E-state index contributed by atoms with van der Waals surface area (Å²) in [7, 11) is 1.70. The molecule has 3 aromatic carbocycles. The molecule has 4 heteroatoms. The van der Waals surface area contributed by atoms with Crippen molar-refractivity contribution < 1.29 is 4.74 Å². The van der Waals surface area contributed by atoms with Crippen LogP contribution >= 0.6 is 31.9 Å². The number of aliphatic imine (C=N–C) groups is 1. The fraction of sp³-hybridized carbons (Fsp3) is 0.160. The van der Waals surface area contributed by atoms with E-state index >= 15 is 0 Å². The predicted octanol–water partition coefficient (Wildman–Crippen LogP) is 7.76. The summed E-state index contributed by atoms with van der Waals surface area (Å²) in [5.41, 5.74) is 8.10. The molecule has 1 heterocycles. The highest BCUT2D eigenvalue weighted by Crippen LogP contribution is 2.37. The topological polar surface area (TPSA) is 21.6 Å². The molecule has 0 spiro atoms. The Morgan fingerprint density at radius 2 is 1.48 bits per heavy atom. The third kappa shape index (κ3) is 4.24. The van der Waals surface area contributed by atoms with Crippen molar-refractivity contribution in [3.63, 3.8) is 0 Å². The third-order valence-electron chi connectivity index (χ3n) is 5.20. The normalized spacial score (nSPS) is 13.6. The fourth-order valence-corrected chi connectivity index (χ4v) is 4.19. The summed E-state index contributed by atoms with van der Waals surface area (Å²) in [5, 5.41) is 0. The molecular weight excluding hydrogens is 490 g/mol. The Morgan fingerprint density at radius 1 is 0.862 bits per heavy atom. The molecule has 29 heavy (non-hydrogen) atoms. The molecule has 0 aliphatic carbocycles. The van der Waals surface area contributed by atoms with Crippen molar-refractivity contribution in [2.24, 2.45) is 4.99 Å². The first-order valence-electron chi connectivity index (χ1n) is 9.59. The van der Waals surface area contributed by atoms with E-state index in [1.807, 2.05) is 12.1 Å². The van der Waals surface area contributed by atoms with Gasteiger partial charge < -0.3 is 4.74 Å². The molecule has 0 saturated carbocycles. The third-order valence-corrected chi connectivity index (χ3v) is 6.25. The van der Waals surface area contributed by atoms with Gasteiger partial charge in [0.05, 0.1) is 18.5 Å². The minimum absolute atomic E-state index is 0.827. The van der Waals surface area contributed by atoms with Gasteiger partial charge >= 0.3 is 0 Å². The summed E-state index contributed by atoms with van der Waals surface area (Å²) < 4.78 is 7.59. The van der Waals surface area contributed by atoms with Gasteiger partial charge in [-0.1, -0.05) is 74.7 Å². The Bertz CT molecular complexity index is 1100. The molecule has 0 saturated heterocycles. The molecule has 1 aliphatic heterocycles. The number of nitrogens with zero attached hydrogens (tertiary/aromatic N) is 1. The van der Waals surface area contributed by atoms with E-state index in [-0.39, 0.29) is 0 Å². The Morgan fingerprint density at radius 3 is 2.07 bits per heavy atom. The first-order chi connectivity index (χ1) is 14.1. The number of benzene rings is 3. The van der Waals surface area contributed by atoms with Crippen molar-refractivity contribution >= 4 is 48.8 Å². The van der Waals surface area contributed by atoms with Crippen molar-refractivity contribution in [2.75, 3.05) is 7.11 Å². The summed E-state index contributed by atoms with van der Waals surface area (Å²) in [6.07, 6.45) is 1.84. The standard InChI is InChI=1S/C25H21Br2NO/c1-3-16-14-19-8-13-22(29-2)15-23(19)28-25(18-6-11-21(27)12-7-18)24(16)17-4-9-20(26)10-5-17/h4-13,15H,3,14H2,1-2H3. The molecule has 0 N–H and O–H groups in total. The van der Waals surface area contributed by atoms with Gasteiger partial charge in [-0.05, 0) is 54.3 Å². The first kappa shape index (κ1) is 20.1. The second-order valence-corrected chi connectivity index (χ2v) is 8.81. The van der Waals surface area contributed by atoms with Gasteiger partial charge in [0, 0.05) is 26.1 Å². The van der Waals surface area contributed by atoms with Crippen molar-refractivity contribution in [2.45, 2.75) is 19.8 Å². The fourth-order valence-electron chi connectivity index (χ4n) is 3.66. The van der Waals surface area contributed by atoms with Crippen molar-refractivity contribution in [3.05, 3.63) is 97.9 Å². The monoisotopic (exact) mass is 509 g/mol. The van der Waals surface area contributed by atoms with E-state index in [1.54, 1.807) is 7.11 Å². The minimum Gasteiger partial charge on any atom is -0.497 e. The van der Waals surface area contributed by atoms with E-state index in [2.05, 4.69) is 93.4 Å². The second-order valence-electron chi connectivity index (χ2n) is 6.98. The minimum atomic E-state index is 0.827. The molecule has 146 valence electrons. The number of methoxy groups -OCH3 is 1. The number of ether oxygens (including phenoxy) is 1. The van der Waals surface area contributed by atoms with Crippen LogP contribution in [0.5, 0.6) is 5.75 Å². The molecule has 2 nitrogen and oxygen atoms in total. The molecule has 0 amide bonds. The summed E-state index contributed by atoms with van der Waals surface area (Å²) >= 11 is 7.11. The van der Waals surface area contributed by atoms with Gasteiger partial charge in [0.15, 0.2) is 0 Å². The van der Waals surface area contributed by atoms with E-state index in [0.29, 0.717) is 0 Å². The van der Waals surface area contributed by atoms with Crippen LogP contribution in [0, 0.1) is 0 Å². The largest absolute Gasteiger partial charge is 0.497 e. The van der Waals surface area contributed by atoms with E-state index in [1.165, 1.54) is 22.3 Å². The average Bonchev–Trinajstić information content (AvgIpc) is 2.91. The number of rotatable bonds is 4. The summed E-state index contributed by atoms with van der Waals surface area (Å²) in [6, 6.07) is 23.1. The Balaban J connectivity index is 1.99. The van der Waals surface area contributed by atoms with Crippen LogP contribution in [0.1, 0.15) is 30.0 Å². The smallest absolute Gasteiger partial charge is 0.121 e. The molecule has 0 fully saturated rings. The molecule has 0 unspecified atom stereocenters. The molecule has 0 radical (unpaired) electrons. The lowest BCUT2D eigenvalue weighted by Crippen LogP contribution is -2.07. The van der Waals surface area contributed by atoms with Gasteiger partial charge in [0.1, 0.15) is 5.75 Å². The van der Waals surface area contributed by atoms with Crippen LogP contribution in [-0.2, 0) is 6.42 Å². The molecule has 0 bridgehead atoms. The van der Waals surface area contributed by atoms with E-state index in [4.69, 9.17) is 9.73 Å². The summed E-state index contributed by atoms with van der Waals surface area (Å²) in [6.45, 7) is 2.22. The highest BCUT2D eigenvalue weighted by Gasteiger charge is 2.22. The van der Waals surface area contributed by atoms with Gasteiger partial charge in [-0.15, -0.1) is 0 Å². The van der Waals surface area contributed by atoms with Crippen LogP contribution < -0.4 is 4.74 Å². The SMILES string of the molecule is CCC1=C(c2ccc(Br)cc2)C(c2ccc(Br)cc2)=Nc2cc(OC)ccc2C1. The zero-order chi connectivity index (χ0) is 20.4. The summed E-state index contributed by atoms with van der Waals surface area (Å²) in [4.78, 5) is 5.18. The molecule has 4 rings (SSSR count). The molecule has 3 aromatic rings. The number of halogens is 2. The molecule has 1 aliphatic rings. The van der Waals surface area contributed by atoms with Crippen molar-refractivity contribution in [3.8, 4) is 5.75 Å². The van der Waals surface area contributed by atoms with Crippen LogP contribution in [0.25, 0.3) is 5.57 Å². The number of allylic oxidation sites excluding steroid dienone is 2. The van der Waals surface area contributed by atoms with Gasteiger partial charge in [-0.25, -0.2) is 4.99 Å². The van der Waals surface area contributed by atoms with Crippen molar-refractivity contribution in [1.82, 2.24) is 0 Å². The van der Waals surface area contributed by atoms with Crippen LogP contribution in [0.4, 0.5) is 5.69 Å². The maximum atomic E-state index is 5.46. The lowest BCUT2D eigenvalue weighted by molar-refractivity contribution is 0.415. The van der Waals surface area contributed by atoms with Crippen LogP contribution in [-0.4, -0.2) is 12.8 Å². The lowest BCUT2D eigenvalue weighted by atomic mass is 9.88. The number of hydrogen-bond donors (Lipinski definition) is 0. The van der Waals surface area contributed by atoms with E-state index in [0.717, 1.165) is 44.5 Å². The van der Waals surface area contributed by atoms with E-state index < -0.39 is 0 Å². The van der Waals surface area contributed by atoms with Gasteiger partial charge in [-0.3, -0.25) is 0 Å². The van der Waals surface area contributed by atoms with Gasteiger partial charge in [-0.2, -0.15) is 0 Å². The average molecular weight is 511 g/mol. The maximum Gasteiger partial charge on any atom is 0.121 e. The van der Waals surface area contributed by atoms with Crippen LogP contribution in [0.3, 0.4) is 0 Å². The zero-order valence-corrected chi connectivity index (χ0v) is 19.5. The molecule has 0 atom stereocenters. The second kappa shape index (κ2) is 8.68. The number of hydrogen-bond acceptors (Lipinski definition) is 2. The Labute approximate surface area is 188 Å². The van der Waals surface area contributed by atoms with Crippen LogP contribution in [0.15, 0.2) is 86.2 Å². The zero-order valence-electron chi connectivity index (χ0n) is 16.4. The van der Waals surface area contributed by atoms with Crippen LogP contribution in [0.2, 0.25) is 0 Å². The first-order valence-corrected chi connectivity index (χ1v) is 11.2. The predicted molar refractivity (Wildman–Crippen MR) is 128 cm³/mol. The number of fused-ring (bicyclic) bond motifs is 1. The Kier molecular flexibility index (Phi) is 6.02. The maximum absolute atomic E-state index is 5.46. The van der Waals surface area contributed by atoms with Crippen molar-refractivity contribution in [1.29, 1.82) is 0 Å². The van der Waals surface area contributed by atoms with Gasteiger partial charge in [0.25, 0.3) is 0 Å².